The molecule has 0 bridgehead atoms. The van der Waals surface area contributed by atoms with Gasteiger partial charge in [0.15, 0.2) is 0 Å². The average Bonchev–Trinajstić information content (AvgIpc) is 2.77. The molecule has 0 aliphatic carbocycles. The Kier molecular flexibility index (Phi) is 5.51. The van der Waals surface area contributed by atoms with E-state index in [0.29, 0.717) is 31.6 Å². The predicted molar refractivity (Wildman–Crippen MR) is 118 cm³/mol. The molecule has 0 aromatic heterocycles. The van der Waals surface area contributed by atoms with Crippen molar-refractivity contribution in [2.75, 3.05) is 29.4 Å². The Hall–Kier alpha value is -3.60. The van der Waals surface area contributed by atoms with Gasteiger partial charge in [-0.15, -0.1) is 0 Å². The van der Waals surface area contributed by atoms with E-state index in [1.807, 2.05) is 32.0 Å². The first-order valence-electron chi connectivity index (χ1n) is 10.5. The molecule has 2 heterocycles. The van der Waals surface area contributed by atoms with Gasteiger partial charge in [-0.2, -0.15) is 5.26 Å². The lowest BCUT2D eigenvalue weighted by molar-refractivity contribution is -0.384. The molecule has 8 nitrogen and oxygen atoms in total. The number of nitro benzene ring substituents is 1. The van der Waals surface area contributed by atoms with Gasteiger partial charge >= 0.3 is 0 Å². The first kappa shape index (κ1) is 20.7. The smallest absolute Gasteiger partial charge is 0.269 e. The summed E-state index contributed by atoms with van der Waals surface area (Å²) in [6, 6.07) is 14.6. The number of piperazine rings is 1. The van der Waals surface area contributed by atoms with E-state index in [1.165, 1.54) is 6.07 Å². The minimum atomic E-state index is -0.397. The van der Waals surface area contributed by atoms with Gasteiger partial charge < -0.3 is 15.1 Å². The number of nitrogens with zero attached hydrogens (tertiary/aromatic N) is 4. The van der Waals surface area contributed by atoms with Crippen molar-refractivity contribution in [2.24, 2.45) is 5.92 Å². The number of non-ortho nitro benzene ring substituents is 1. The number of hydrogen-bond donors (Lipinski definition) is 1. The molecule has 1 N–H and O–H groups in total. The highest BCUT2D eigenvalue weighted by atomic mass is 16.6. The molecule has 0 saturated carbocycles. The SMILES string of the molecule is CC(C)NC(=O)[C@@H]1Cc2cc([N+](=O)[O-])ccc2N2CCN(c3ccccc3C#N)C[C@H]12. The molecule has 1 amide bonds. The van der Waals surface area contributed by atoms with E-state index in [1.54, 1.807) is 18.2 Å². The Morgan fingerprint density at radius 1 is 1.23 bits per heavy atom. The van der Waals surface area contributed by atoms with Gasteiger partial charge in [0.1, 0.15) is 6.07 Å². The summed E-state index contributed by atoms with van der Waals surface area (Å²) >= 11 is 0. The highest BCUT2D eigenvalue weighted by Crippen LogP contribution is 2.39. The third-order valence-electron chi connectivity index (χ3n) is 6.04. The number of fused-ring (bicyclic) bond motifs is 3. The first-order valence-corrected chi connectivity index (χ1v) is 10.5. The molecule has 8 heteroatoms. The van der Waals surface area contributed by atoms with Crippen molar-refractivity contribution in [3.63, 3.8) is 0 Å². The second kappa shape index (κ2) is 8.26. The van der Waals surface area contributed by atoms with Crippen LogP contribution >= 0.6 is 0 Å². The molecule has 1 saturated heterocycles. The first-order chi connectivity index (χ1) is 14.9. The van der Waals surface area contributed by atoms with Crippen LogP contribution in [0.1, 0.15) is 25.0 Å². The van der Waals surface area contributed by atoms with Crippen LogP contribution in [-0.4, -0.2) is 42.5 Å². The van der Waals surface area contributed by atoms with E-state index in [-0.39, 0.29) is 29.6 Å². The highest BCUT2D eigenvalue weighted by Gasteiger charge is 2.42. The zero-order chi connectivity index (χ0) is 22.1. The van der Waals surface area contributed by atoms with Gasteiger partial charge in [-0.1, -0.05) is 12.1 Å². The molecular formula is C23H25N5O3. The van der Waals surface area contributed by atoms with Crippen molar-refractivity contribution >= 4 is 23.0 Å². The summed E-state index contributed by atoms with van der Waals surface area (Å²) in [5.74, 6) is -0.383. The number of anilines is 2. The lowest BCUT2D eigenvalue weighted by atomic mass is 9.83. The Labute approximate surface area is 181 Å². The maximum atomic E-state index is 13.1. The lowest BCUT2D eigenvalue weighted by Crippen LogP contribution is -2.61. The summed E-state index contributed by atoms with van der Waals surface area (Å²) in [7, 11) is 0. The summed E-state index contributed by atoms with van der Waals surface area (Å²) in [5, 5.41) is 23.8. The maximum Gasteiger partial charge on any atom is 0.269 e. The van der Waals surface area contributed by atoms with Crippen LogP contribution < -0.4 is 15.1 Å². The topological polar surface area (TPSA) is 103 Å². The van der Waals surface area contributed by atoms with Gasteiger partial charge in [0.2, 0.25) is 5.91 Å². The normalized spacial score (nSPS) is 19.9. The molecule has 0 radical (unpaired) electrons. The average molecular weight is 419 g/mol. The number of para-hydroxylation sites is 1. The molecule has 1 fully saturated rings. The fourth-order valence-electron chi connectivity index (χ4n) is 4.68. The summed E-state index contributed by atoms with van der Waals surface area (Å²) in [4.78, 5) is 28.4. The second-order valence-electron chi connectivity index (χ2n) is 8.38. The molecular weight excluding hydrogens is 394 g/mol. The van der Waals surface area contributed by atoms with Crippen LogP contribution in [0.15, 0.2) is 42.5 Å². The predicted octanol–water partition coefficient (Wildman–Crippen LogP) is 2.86. The van der Waals surface area contributed by atoms with Gasteiger partial charge in [0, 0.05) is 43.5 Å². The van der Waals surface area contributed by atoms with Crippen molar-refractivity contribution in [3.05, 3.63) is 63.7 Å². The lowest BCUT2D eigenvalue weighted by Gasteiger charge is -2.49. The molecule has 2 aliphatic heterocycles. The number of benzene rings is 2. The fourth-order valence-corrected chi connectivity index (χ4v) is 4.68. The standard InChI is InChI=1S/C23H25N5O3/c1-15(2)25-23(29)19-12-17-11-18(28(30)31)7-8-21(17)27-10-9-26(14-22(19)27)20-6-4-3-5-16(20)13-24/h3-8,11,15,19,22H,9-10,12,14H2,1-2H3,(H,25,29)/t19-,22-/m1/s1. The molecule has 2 aromatic rings. The zero-order valence-corrected chi connectivity index (χ0v) is 17.6. The number of amides is 1. The van der Waals surface area contributed by atoms with Crippen LogP contribution in [0.4, 0.5) is 17.1 Å². The quantitative estimate of drug-likeness (QED) is 0.604. The number of hydrogen-bond acceptors (Lipinski definition) is 6. The van der Waals surface area contributed by atoms with E-state index < -0.39 is 4.92 Å². The van der Waals surface area contributed by atoms with Crippen molar-refractivity contribution in [3.8, 4) is 6.07 Å². The fraction of sp³-hybridized carbons (Fsp3) is 0.391. The minimum Gasteiger partial charge on any atom is -0.367 e. The van der Waals surface area contributed by atoms with Crippen molar-refractivity contribution in [1.82, 2.24) is 5.32 Å². The van der Waals surface area contributed by atoms with Gasteiger partial charge in [-0.05, 0) is 44.0 Å². The van der Waals surface area contributed by atoms with Gasteiger partial charge in [-0.3, -0.25) is 14.9 Å². The van der Waals surface area contributed by atoms with Crippen LogP contribution in [-0.2, 0) is 11.2 Å². The molecule has 160 valence electrons. The monoisotopic (exact) mass is 419 g/mol. The number of nitrogens with one attached hydrogen (secondary N) is 1. The summed E-state index contributed by atoms with van der Waals surface area (Å²) in [6.07, 6.45) is 0.449. The van der Waals surface area contributed by atoms with Crippen LogP contribution in [0, 0.1) is 27.4 Å². The Balaban J connectivity index is 1.71. The molecule has 2 atom stereocenters. The highest BCUT2D eigenvalue weighted by molar-refractivity contribution is 5.83. The van der Waals surface area contributed by atoms with Gasteiger partial charge in [0.25, 0.3) is 5.69 Å². The number of carbonyl (C=O) groups is 1. The third kappa shape index (κ3) is 3.91. The summed E-state index contributed by atoms with van der Waals surface area (Å²) in [6.45, 7) is 5.82. The van der Waals surface area contributed by atoms with Crippen molar-refractivity contribution in [2.45, 2.75) is 32.4 Å². The van der Waals surface area contributed by atoms with Crippen molar-refractivity contribution in [1.29, 1.82) is 5.26 Å². The van der Waals surface area contributed by atoms with E-state index >= 15 is 0 Å². The van der Waals surface area contributed by atoms with Gasteiger partial charge in [-0.25, -0.2) is 0 Å². The maximum absolute atomic E-state index is 13.1. The Bertz CT molecular complexity index is 1060. The number of nitro groups is 1. The van der Waals surface area contributed by atoms with Crippen molar-refractivity contribution < 1.29 is 9.72 Å². The third-order valence-corrected chi connectivity index (χ3v) is 6.04. The van der Waals surface area contributed by atoms with Crippen LogP contribution in [0.5, 0.6) is 0 Å². The number of rotatable bonds is 4. The minimum absolute atomic E-state index is 0.00599. The Morgan fingerprint density at radius 2 is 2.00 bits per heavy atom. The molecule has 4 rings (SSSR count). The number of carbonyl (C=O) groups excluding carboxylic acids is 1. The molecule has 0 spiro atoms. The van der Waals surface area contributed by atoms with Crippen LogP contribution in [0.2, 0.25) is 0 Å². The summed E-state index contributed by atoms with van der Waals surface area (Å²) < 4.78 is 0. The van der Waals surface area contributed by atoms with Crippen LogP contribution in [0.3, 0.4) is 0 Å². The van der Waals surface area contributed by atoms with Crippen LogP contribution in [0.25, 0.3) is 0 Å². The largest absolute Gasteiger partial charge is 0.367 e. The van der Waals surface area contributed by atoms with E-state index in [0.717, 1.165) is 16.9 Å². The zero-order valence-electron chi connectivity index (χ0n) is 17.6. The number of nitriles is 1. The molecule has 2 aromatic carbocycles. The molecule has 0 unspecified atom stereocenters. The second-order valence-corrected chi connectivity index (χ2v) is 8.38. The van der Waals surface area contributed by atoms with E-state index in [2.05, 4.69) is 21.2 Å². The molecule has 2 aliphatic rings. The van der Waals surface area contributed by atoms with E-state index in [4.69, 9.17) is 0 Å². The Morgan fingerprint density at radius 3 is 2.71 bits per heavy atom. The van der Waals surface area contributed by atoms with Gasteiger partial charge in [0.05, 0.1) is 28.1 Å². The summed E-state index contributed by atoms with van der Waals surface area (Å²) in [5.41, 5.74) is 3.33. The molecule has 31 heavy (non-hydrogen) atoms. The van der Waals surface area contributed by atoms with E-state index in [9.17, 15) is 20.2 Å².